The Morgan fingerprint density at radius 1 is 0.966 bits per heavy atom. The fourth-order valence-corrected chi connectivity index (χ4v) is 3.75. The van der Waals surface area contributed by atoms with Gasteiger partial charge in [0.05, 0.1) is 21.3 Å². The Labute approximate surface area is 172 Å². The average molecular weight is 395 g/mol. The fraction of sp³-hybridized carbons (Fsp3) is 0.375. The molecule has 29 heavy (non-hydrogen) atoms. The van der Waals surface area contributed by atoms with E-state index in [1.807, 2.05) is 17.0 Å². The van der Waals surface area contributed by atoms with E-state index in [1.54, 1.807) is 39.5 Å². The molecule has 0 radical (unpaired) electrons. The number of carbonyl (C=O) groups excluding carboxylic acids is 1. The lowest BCUT2D eigenvalue weighted by Crippen LogP contribution is -2.37. The number of rotatable bonds is 7. The third-order valence-electron chi connectivity index (χ3n) is 5.43. The largest absolute Gasteiger partial charge is 0.496 e. The number of carbonyl (C=O) groups is 1. The standard InChI is InChI=1S/C24H29NO4/c1-27-21-17-23(29-3)22(28-2)16-20(21)9-10-24(26)25-13-11-19(12-14-25)15-18-7-5-4-6-8-18/h4-10,16-17,19H,11-15H2,1-3H3/b10-9+. The van der Waals surface area contributed by atoms with Gasteiger partial charge in [-0.05, 0) is 42.9 Å². The molecule has 0 unspecified atom stereocenters. The Balaban J connectivity index is 1.60. The van der Waals surface area contributed by atoms with Gasteiger partial charge in [0, 0.05) is 30.8 Å². The van der Waals surface area contributed by atoms with Gasteiger partial charge in [-0.1, -0.05) is 30.3 Å². The van der Waals surface area contributed by atoms with Crippen molar-refractivity contribution < 1.29 is 19.0 Å². The van der Waals surface area contributed by atoms with E-state index in [2.05, 4.69) is 24.3 Å². The van der Waals surface area contributed by atoms with E-state index in [-0.39, 0.29) is 5.91 Å². The summed E-state index contributed by atoms with van der Waals surface area (Å²) in [4.78, 5) is 14.6. The Kier molecular flexibility index (Phi) is 7.17. The molecule has 0 atom stereocenters. The van der Waals surface area contributed by atoms with Crippen LogP contribution in [0.5, 0.6) is 17.2 Å². The summed E-state index contributed by atoms with van der Waals surface area (Å²) < 4.78 is 16.1. The molecular weight excluding hydrogens is 366 g/mol. The number of benzene rings is 2. The first-order chi connectivity index (χ1) is 14.1. The molecule has 1 fully saturated rings. The molecule has 2 aromatic carbocycles. The van der Waals surface area contributed by atoms with Crippen molar-refractivity contribution in [3.05, 3.63) is 59.7 Å². The van der Waals surface area contributed by atoms with Gasteiger partial charge in [-0.15, -0.1) is 0 Å². The van der Waals surface area contributed by atoms with Crippen LogP contribution >= 0.6 is 0 Å². The maximum atomic E-state index is 12.7. The van der Waals surface area contributed by atoms with Gasteiger partial charge in [0.1, 0.15) is 5.75 Å². The van der Waals surface area contributed by atoms with Crippen LogP contribution < -0.4 is 14.2 Å². The highest BCUT2D eigenvalue weighted by Crippen LogP contribution is 2.35. The topological polar surface area (TPSA) is 48.0 Å². The smallest absolute Gasteiger partial charge is 0.246 e. The van der Waals surface area contributed by atoms with Crippen LogP contribution in [0.1, 0.15) is 24.0 Å². The molecule has 5 nitrogen and oxygen atoms in total. The second kappa shape index (κ2) is 10.0. The first kappa shape index (κ1) is 20.8. The van der Waals surface area contributed by atoms with Gasteiger partial charge in [0.15, 0.2) is 11.5 Å². The summed E-state index contributed by atoms with van der Waals surface area (Å²) in [5, 5.41) is 0. The van der Waals surface area contributed by atoms with E-state index < -0.39 is 0 Å². The van der Waals surface area contributed by atoms with Gasteiger partial charge < -0.3 is 19.1 Å². The number of amides is 1. The Morgan fingerprint density at radius 3 is 2.21 bits per heavy atom. The van der Waals surface area contributed by atoms with E-state index in [0.717, 1.165) is 37.9 Å². The van der Waals surface area contributed by atoms with Gasteiger partial charge in [0.25, 0.3) is 0 Å². The number of likely N-dealkylation sites (tertiary alicyclic amines) is 1. The van der Waals surface area contributed by atoms with Crippen LogP contribution in [0.15, 0.2) is 48.5 Å². The summed E-state index contributed by atoms with van der Waals surface area (Å²) in [7, 11) is 4.76. The van der Waals surface area contributed by atoms with Gasteiger partial charge in [0.2, 0.25) is 5.91 Å². The zero-order chi connectivity index (χ0) is 20.6. The minimum absolute atomic E-state index is 0.0278. The van der Waals surface area contributed by atoms with Crippen LogP contribution in [-0.4, -0.2) is 45.2 Å². The number of nitrogens with zero attached hydrogens (tertiary/aromatic N) is 1. The number of ether oxygens (including phenoxy) is 3. The molecule has 1 saturated heterocycles. The zero-order valence-electron chi connectivity index (χ0n) is 17.4. The lowest BCUT2D eigenvalue weighted by molar-refractivity contribution is -0.127. The molecule has 1 heterocycles. The molecular formula is C24H29NO4. The van der Waals surface area contributed by atoms with Crippen molar-refractivity contribution in [3.63, 3.8) is 0 Å². The summed E-state index contributed by atoms with van der Waals surface area (Å²) in [6.07, 6.45) is 6.55. The molecule has 3 rings (SSSR count). The number of piperidine rings is 1. The molecule has 5 heteroatoms. The van der Waals surface area contributed by atoms with Crippen molar-refractivity contribution in [2.45, 2.75) is 19.3 Å². The first-order valence-electron chi connectivity index (χ1n) is 9.95. The number of methoxy groups -OCH3 is 3. The second-order valence-electron chi connectivity index (χ2n) is 7.24. The van der Waals surface area contributed by atoms with Crippen LogP contribution in [0.4, 0.5) is 0 Å². The number of hydrogen-bond donors (Lipinski definition) is 0. The predicted molar refractivity (Wildman–Crippen MR) is 115 cm³/mol. The lowest BCUT2D eigenvalue weighted by Gasteiger charge is -2.31. The lowest BCUT2D eigenvalue weighted by atomic mass is 9.90. The van der Waals surface area contributed by atoms with Gasteiger partial charge in [-0.25, -0.2) is 0 Å². The van der Waals surface area contributed by atoms with Gasteiger partial charge in [-0.2, -0.15) is 0 Å². The van der Waals surface area contributed by atoms with E-state index in [9.17, 15) is 4.79 Å². The molecule has 0 spiro atoms. The fourth-order valence-electron chi connectivity index (χ4n) is 3.75. The Morgan fingerprint density at radius 2 is 1.59 bits per heavy atom. The third kappa shape index (κ3) is 5.31. The summed E-state index contributed by atoms with van der Waals surface area (Å²) in [6, 6.07) is 14.1. The average Bonchev–Trinajstić information content (AvgIpc) is 2.78. The van der Waals surface area contributed by atoms with E-state index in [0.29, 0.717) is 23.2 Å². The minimum atomic E-state index is 0.0278. The van der Waals surface area contributed by atoms with E-state index in [4.69, 9.17) is 14.2 Å². The van der Waals surface area contributed by atoms with Crippen molar-refractivity contribution >= 4 is 12.0 Å². The van der Waals surface area contributed by atoms with E-state index >= 15 is 0 Å². The molecule has 0 saturated carbocycles. The van der Waals surface area contributed by atoms with Gasteiger partial charge in [-0.3, -0.25) is 4.79 Å². The van der Waals surface area contributed by atoms with Crippen LogP contribution in [0, 0.1) is 5.92 Å². The van der Waals surface area contributed by atoms with Crippen LogP contribution in [0.3, 0.4) is 0 Å². The van der Waals surface area contributed by atoms with E-state index in [1.165, 1.54) is 5.56 Å². The quantitative estimate of drug-likeness (QED) is 0.659. The molecule has 1 aliphatic heterocycles. The number of hydrogen-bond acceptors (Lipinski definition) is 4. The molecule has 1 aliphatic rings. The van der Waals surface area contributed by atoms with Gasteiger partial charge >= 0.3 is 0 Å². The highest BCUT2D eigenvalue weighted by Gasteiger charge is 2.22. The van der Waals surface area contributed by atoms with Crippen LogP contribution in [-0.2, 0) is 11.2 Å². The normalized spacial score (nSPS) is 14.8. The molecule has 0 aliphatic carbocycles. The zero-order valence-corrected chi connectivity index (χ0v) is 17.4. The minimum Gasteiger partial charge on any atom is -0.496 e. The molecule has 154 valence electrons. The highest BCUT2D eigenvalue weighted by molar-refractivity contribution is 5.92. The van der Waals surface area contributed by atoms with Crippen molar-refractivity contribution in [1.82, 2.24) is 4.90 Å². The Hall–Kier alpha value is -2.95. The van der Waals surface area contributed by atoms with Crippen LogP contribution in [0.2, 0.25) is 0 Å². The maximum absolute atomic E-state index is 12.7. The highest BCUT2D eigenvalue weighted by atomic mass is 16.5. The first-order valence-corrected chi connectivity index (χ1v) is 9.95. The monoisotopic (exact) mass is 395 g/mol. The van der Waals surface area contributed by atoms with Crippen molar-refractivity contribution in [1.29, 1.82) is 0 Å². The molecule has 0 bridgehead atoms. The molecule has 0 aromatic heterocycles. The maximum Gasteiger partial charge on any atom is 0.246 e. The summed E-state index contributed by atoms with van der Waals surface area (Å²) in [5.74, 6) is 2.49. The van der Waals surface area contributed by atoms with Crippen molar-refractivity contribution in [3.8, 4) is 17.2 Å². The predicted octanol–water partition coefficient (Wildman–Crippen LogP) is 4.21. The Bertz CT molecular complexity index is 839. The SMILES string of the molecule is COc1cc(OC)c(OC)cc1/C=C/C(=O)N1CCC(Cc2ccccc2)CC1. The molecule has 2 aromatic rings. The molecule has 1 amide bonds. The third-order valence-corrected chi connectivity index (χ3v) is 5.43. The second-order valence-corrected chi connectivity index (χ2v) is 7.24. The molecule has 0 N–H and O–H groups in total. The van der Waals surface area contributed by atoms with Crippen molar-refractivity contribution in [2.24, 2.45) is 5.92 Å². The summed E-state index contributed by atoms with van der Waals surface area (Å²) >= 11 is 0. The van der Waals surface area contributed by atoms with Crippen molar-refractivity contribution in [2.75, 3.05) is 34.4 Å². The van der Waals surface area contributed by atoms with Crippen LogP contribution in [0.25, 0.3) is 6.08 Å². The summed E-state index contributed by atoms with van der Waals surface area (Å²) in [5.41, 5.74) is 2.15. The summed E-state index contributed by atoms with van der Waals surface area (Å²) in [6.45, 7) is 1.59.